The van der Waals surface area contributed by atoms with Crippen molar-refractivity contribution in [1.82, 2.24) is 4.90 Å². The molecule has 0 N–H and O–H groups in total. The van der Waals surface area contributed by atoms with E-state index in [0.717, 1.165) is 11.1 Å². The first-order valence-electron chi connectivity index (χ1n) is 11.4. The van der Waals surface area contributed by atoms with Crippen molar-refractivity contribution in [1.29, 1.82) is 0 Å². The number of fused-ring (bicyclic) bond motifs is 1. The predicted octanol–water partition coefficient (Wildman–Crippen LogP) is 4.88. The zero-order valence-corrected chi connectivity index (χ0v) is 20.4. The summed E-state index contributed by atoms with van der Waals surface area (Å²) in [4.78, 5) is 32.6. The number of carbonyl (C=O) groups excluding carboxylic acids is 2. The summed E-state index contributed by atoms with van der Waals surface area (Å²) in [6.07, 6.45) is 0.376. The second kappa shape index (κ2) is 10.8. The molecule has 178 valence electrons. The molecule has 0 radical (unpaired) electrons. The van der Waals surface area contributed by atoms with Crippen LogP contribution in [0.3, 0.4) is 0 Å². The Morgan fingerprint density at radius 3 is 2.56 bits per heavy atom. The minimum atomic E-state index is -0.661. The van der Waals surface area contributed by atoms with Gasteiger partial charge in [-0.2, -0.15) is 0 Å². The third kappa shape index (κ3) is 4.97. The topological polar surface area (TPSA) is 77.4 Å². The molecule has 0 bridgehead atoms. The maximum absolute atomic E-state index is 13.4. The van der Waals surface area contributed by atoms with Crippen LogP contribution in [0, 0.1) is 0 Å². The number of allylic oxidation sites excluding steroid dienone is 1. The molecule has 2 aromatic carbocycles. The monoisotopic (exact) mass is 480 g/mol. The van der Waals surface area contributed by atoms with Crippen LogP contribution in [0.2, 0.25) is 0 Å². The van der Waals surface area contributed by atoms with Crippen LogP contribution in [0.25, 0.3) is 0 Å². The van der Waals surface area contributed by atoms with Crippen LogP contribution in [0.5, 0.6) is 11.5 Å². The van der Waals surface area contributed by atoms with Gasteiger partial charge in [-0.3, -0.25) is 9.69 Å². The second-order valence-electron chi connectivity index (χ2n) is 7.79. The highest BCUT2D eigenvalue weighted by molar-refractivity contribution is 8.14. The van der Waals surface area contributed by atoms with E-state index in [1.807, 2.05) is 62.4 Å². The van der Waals surface area contributed by atoms with E-state index >= 15 is 0 Å². The Labute approximate surface area is 203 Å². The summed E-state index contributed by atoms with van der Waals surface area (Å²) in [5.41, 5.74) is 2.52. The van der Waals surface area contributed by atoms with Gasteiger partial charge in [0.1, 0.15) is 6.61 Å². The highest BCUT2D eigenvalue weighted by Gasteiger charge is 2.42. The van der Waals surface area contributed by atoms with Gasteiger partial charge in [0.15, 0.2) is 16.7 Å². The van der Waals surface area contributed by atoms with Crippen LogP contribution in [0.15, 0.2) is 64.8 Å². The van der Waals surface area contributed by atoms with Crippen LogP contribution in [-0.2, 0) is 20.9 Å². The summed E-state index contributed by atoms with van der Waals surface area (Å²) in [5.74, 6) is 1.28. The predicted molar refractivity (Wildman–Crippen MR) is 132 cm³/mol. The average molecular weight is 481 g/mol. The summed E-state index contributed by atoms with van der Waals surface area (Å²) < 4.78 is 17.2. The van der Waals surface area contributed by atoms with Gasteiger partial charge in [0, 0.05) is 12.2 Å². The van der Waals surface area contributed by atoms with Crippen molar-refractivity contribution in [3.8, 4) is 11.5 Å². The maximum atomic E-state index is 13.4. The molecular weight excluding hydrogens is 452 g/mol. The number of rotatable bonds is 8. The van der Waals surface area contributed by atoms with Gasteiger partial charge >= 0.3 is 5.97 Å². The lowest BCUT2D eigenvalue weighted by atomic mass is 9.93. The van der Waals surface area contributed by atoms with Crippen molar-refractivity contribution in [2.45, 2.75) is 39.8 Å². The van der Waals surface area contributed by atoms with E-state index in [9.17, 15) is 9.59 Å². The summed E-state index contributed by atoms with van der Waals surface area (Å²) >= 11 is 1.52. The SMILES string of the molecule is CCOc1ccc([C@H]2C(C(=O)OCc3ccccc3)=C(C)N=C3SCCC(=O)N32)cc1OCC. The number of nitrogens with zero attached hydrogens (tertiary/aromatic N) is 2. The molecule has 2 aliphatic heterocycles. The second-order valence-corrected chi connectivity index (χ2v) is 8.85. The molecule has 0 unspecified atom stereocenters. The molecule has 34 heavy (non-hydrogen) atoms. The Morgan fingerprint density at radius 1 is 1.09 bits per heavy atom. The number of aliphatic imine (C=N–C) groups is 1. The molecule has 1 fully saturated rings. The number of amidine groups is 1. The summed E-state index contributed by atoms with van der Waals surface area (Å²) in [5, 5.41) is 0.602. The molecule has 1 atom stereocenters. The summed E-state index contributed by atoms with van der Waals surface area (Å²) in [7, 11) is 0. The molecule has 0 saturated carbocycles. The van der Waals surface area contributed by atoms with Gasteiger partial charge in [0.25, 0.3) is 0 Å². The fraction of sp³-hybridized carbons (Fsp3) is 0.346. The highest BCUT2D eigenvalue weighted by atomic mass is 32.2. The fourth-order valence-electron chi connectivity index (χ4n) is 4.01. The van der Waals surface area contributed by atoms with E-state index in [0.29, 0.717) is 53.3 Å². The lowest BCUT2D eigenvalue weighted by molar-refractivity contribution is -0.141. The highest BCUT2D eigenvalue weighted by Crippen LogP contribution is 2.42. The van der Waals surface area contributed by atoms with Crippen LogP contribution in [-0.4, -0.2) is 40.9 Å². The third-order valence-corrected chi connectivity index (χ3v) is 6.48. The zero-order valence-electron chi connectivity index (χ0n) is 19.6. The largest absolute Gasteiger partial charge is 0.490 e. The molecule has 0 spiro atoms. The van der Waals surface area contributed by atoms with Crippen LogP contribution < -0.4 is 9.47 Å². The van der Waals surface area contributed by atoms with Crippen LogP contribution >= 0.6 is 11.8 Å². The van der Waals surface area contributed by atoms with E-state index in [1.165, 1.54) is 11.8 Å². The Kier molecular flexibility index (Phi) is 7.57. The van der Waals surface area contributed by atoms with Crippen LogP contribution in [0.1, 0.15) is 44.4 Å². The van der Waals surface area contributed by atoms with E-state index in [4.69, 9.17) is 14.2 Å². The molecular formula is C26H28N2O5S. The molecule has 2 aromatic rings. The van der Waals surface area contributed by atoms with Crippen molar-refractivity contribution in [2.24, 2.45) is 4.99 Å². The van der Waals surface area contributed by atoms with E-state index < -0.39 is 12.0 Å². The number of thioether (sulfide) groups is 1. The zero-order chi connectivity index (χ0) is 24.1. The first kappa shape index (κ1) is 23.9. The maximum Gasteiger partial charge on any atom is 0.338 e. The van der Waals surface area contributed by atoms with Gasteiger partial charge in [-0.1, -0.05) is 48.2 Å². The van der Waals surface area contributed by atoms with Crippen molar-refractivity contribution >= 4 is 28.8 Å². The van der Waals surface area contributed by atoms with Crippen molar-refractivity contribution in [2.75, 3.05) is 19.0 Å². The van der Waals surface area contributed by atoms with Crippen molar-refractivity contribution in [3.63, 3.8) is 0 Å². The molecule has 4 rings (SSSR count). The number of hydrogen-bond acceptors (Lipinski definition) is 7. The molecule has 0 aromatic heterocycles. The molecule has 1 amide bonds. The first-order chi connectivity index (χ1) is 16.5. The molecule has 0 aliphatic carbocycles. The molecule has 2 aliphatic rings. The number of benzene rings is 2. The standard InChI is InChI=1S/C26H28N2O5S/c1-4-31-20-12-11-19(15-21(20)32-5-2)24-23(25(30)33-16-18-9-7-6-8-10-18)17(3)27-26-28(24)22(29)13-14-34-26/h6-12,15,24H,4-5,13-14,16H2,1-3H3/t24-/m0/s1. The van der Waals surface area contributed by atoms with E-state index in [2.05, 4.69) is 4.99 Å². The van der Waals surface area contributed by atoms with Crippen molar-refractivity contribution in [3.05, 3.63) is 70.9 Å². The van der Waals surface area contributed by atoms with E-state index in [1.54, 1.807) is 11.8 Å². The van der Waals surface area contributed by atoms with E-state index in [-0.39, 0.29) is 12.5 Å². The lowest BCUT2D eigenvalue weighted by Crippen LogP contribution is -2.45. The number of amides is 1. The average Bonchev–Trinajstić information content (AvgIpc) is 2.84. The van der Waals surface area contributed by atoms with Gasteiger partial charge in [-0.05, 0) is 44.0 Å². The molecule has 7 nitrogen and oxygen atoms in total. The lowest BCUT2D eigenvalue weighted by Gasteiger charge is -2.39. The minimum Gasteiger partial charge on any atom is -0.490 e. The number of esters is 1. The van der Waals surface area contributed by atoms with Gasteiger partial charge < -0.3 is 14.2 Å². The smallest absolute Gasteiger partial charge is 0.338 e. The van der Waals surface area contributed by atoms with Crippen LogP contribution in [0.4, 0.5) is 0 Å². The number of hydrogen-bond donors (Lipinski definition) is 0. The molecule has 8 heteroatoms. The van der Waals surface area contributed by atoms with Gasteiger partial charge in [0.2, 0.25) is 5.91 Å². The van der Waals surface area contributed by atoms with Gasteiger partial charge in [-0.25, -0.2) is 9.79 Å². The molecule has 1 saturated heterocycles. The Hall–Kier alpha value is -3.26. The Balaban J connectivity index is 1.74. The third-order valence-electron chi connectivity index (χ3n) is 5.52. The van der Waals surface area contributed by atoms with Gasteiger partial charge in [0.05, 0.1) is 30.5 Å². The summed E-state index contributed by atoms with van der Waals surface area (Å²) in [6, 6.07) is 14.4. The summed E-state index contributed by atoms with van der Waals surface area (Å²) in [6.45, 7) is 6.68. The van der Waals surface area contributed by atoms with Gasteiger partial charge in [-0.15, -0.1) is 0 Å². The quantitative estimate of drug-likeness (QED) is 0.502. The fourth-order valence-corrected chi connectivity index (χ4v) is 5.02. The molecule has 2 heterocycles. The van der Waals surface area contributed by atoms with Crippen molar-refractivity contribution < 1.29 is 23.8 Å². The Bertz CT molecular complexity index is 1130. The number of ether oxygens (including phenoxy) is 3. The first-order valence-corrected chi connectivity index (χ1v) is 12.4. The minimum absolute atomic E-state index is 0.0739. The Morgan fingerprint density at radius 2 is 1.82 bits per heavy atom. The normalized spacial score (nSPS) is 17.7. The number of carbonyl (C=O) groups is 2.